The monoisotopic (exact) mass is 207 g/mol. The number of hydrogen-bond acceptors (Lipinski definition) is 2. The summed E-state index contributed by atoms with van der Waals surface area (Å²) in [5.41, 5.74) is 7.02. The van der Waals surface area contributed by atoms with Gasteiger partial charge in [-0.2, -0.15) is 0 Å². The predicted molar refractivity (Wildman–Crippen MR) is 57.7 cm³/mol. The van der Waals surface area contributed by atoms with E-state index < -0.39 is 6.04 Å². The second-order valence-corrected chi connectivity index (χ2v) is 3.46. The van der Waals surface area contributed by atoms with Gasteiger partial charge in [-0.3, -0.25) is 4.79 Å². The van der Waals surface area contributed by atoms with E-state index in [1.165, 1.54) is 0 Å². The molecule has 0 bridgehead atoms. The largest absolute Gasteiger partial charge is 0.376 e. The number of para-hydroxylation sites is 1. The third-order valence-electron chi connectivity index (χ3n) is 2.08. The number of rotatable bonds is 1. The maximum atomic E-state index is 11.5. The van der Waals surface area contributed by atoms with Crippen molar-refractivity contribution in [3.05, 3.63) is 29.8 Å². The van der Waals surface area contributed by atoms with Crippen LogP contribution < -0.4 is 16.4 Å². The second kappa shape index (κ2) is 3.26. The number of carbonyl (C=O) groups excluding carboxylic acids is 1. The molecular formula is C9H9N3OS. The first-order valence-corrected chi connectivity index (χ1v) is 4.55. The number of benzene rings is 1. The molecule has 0 aliphatic carbocycles. The Labute approximate surface area is 86.5 Å². The van der Waals surface area contributed by atoms with Gasteiger partial charge in [0.2, 0.25) is 0 Å². The van der Waals surface area contributed by atoms with E-state index in [2.05, 4.69) is 10.6 Å². The van der Waals surface area contributed by atoms with Crippen LogP contribution in [0.25, 0.3) is 0 Å². The van der Waals surface area contributed by atoms with Crippen LogP contribution in [-0.4, -0.2) is 11.0 Å². The minimum Gasteiger partial charge on any atom is -0.376 e. The molecule has 1 aromatic rings. The Morgan fingerprint density at radius 1 is 1.50 bits per heavy atom. The zero-order valence-electron chi connectivity index (χ0n) is 7.28. The number of carbonyl (C=O) groups is 1. The predicted octanol–water partition coefficient (Wildman–Crippen LogP) is 0.513. The Bertz CT molecular complexity index is 405. The first-order chi connectivity index (χ1) is 6.68. The van der Waals surface area contributed by atoms with Gasteiger partial charge < -0.3 is 16.4 Å². The topological polar surface area (TPSA) is 67.1 Å². The number of nitrogens with two attached hydrogens (primary N) is 1. The van der Waals surface area contributed by atoms with Gasteiger partial charge in [0, 0.05) is 11.3 Å². The van der Waals surface area contributed by atoms with E-state index in [4.69, 9.17) is 18.0 Å². The molecule has 0 saturated carbocycles. The smallest absolute Gasteiger partial charge is 0.251 e. The summed E-state index contributed by atoms with van der Waals surface area (Å²) in [6.07, 6.45) is 0. The van der Waals surface area contributed by atoms with Gasteiger partial charge in [0.05, 0.1) is 0 Å². The van der Waals surface area contributed by atoms with Crippen LogP contribution in [0.4, 0.5) is 5.69 Å². The van der Waals surface area contributed by atoms with Crippen LogP contribution in [0.3, 0.4) is 0 Å². The number of thiocarbonyl (C=S) groups is 1. The lowest BCUT2D eigenvalue weighted by molar-refractivity contribution is -0.117. The van der Waals surface area contributed by atoms with Gasteiger partial charge in [-0.1, -0.05) is 18.2 Å². The fourth-order valence-corrected chi connectivity index (χ4v) is 1.61. The molecule has 0 saturated heterocycles. The SMILES string of the molecule is NC(=S)NC1C(=O)Nc2ccccc21. The normalized spacial score (nSPS) is 18.6. The van der Waals surface area contributed by atoms with Gasteiger partial charge in [0.1, 0.15) is 6.04 Å². The number of hydrogen-bond donors (Lipinski definition) is 3. The van der Waals surface area contributed by atoms with Crippen LogP contribution in [-0.2, 0) is 4.79 Å². The van der Waals surface area contributed by atoms with E-state index in [-0.39, 0.29) is 11.0 Å². The lowest BCUT2D eigenvalue weighted by atomic mass is 10.1. The van der Waals surface area contributed by atoms with Gasteiger partial charge in [0.25, 0.3) is 5.91 Å². The van der Waals surface area contributed by atoms with Gasteiger partial charge in [-0.25, -0.2) is 0 Å². The number of amides is 1. The molecule has 1 atom stereocenters. The molecular weight excluding hydrogens is 198 g/mol. The van der Waals surface area contributed by atoms with Gasteiger partial charge in [-0.05, 0) is 18.3 Å². The summed E-state index contributed by atoms with van der Waals surface area (Å²) >= 11 is 4.70. The van der Waals surface area contributed by atoms with E-state index in [1.807, 2.05) is 24.3 Å². The number of fused-ring (bicyclic) bond motifs is 1. The molecule has 1 aromatic carbocycles. The first-order valence-electron chi connectivity index (χ1n) is 4.14. The van der Waals surface area contributed by atoms with Crippen molar-refractivity contribution in [1.82, 2.24) is 5.32 Å². The van der Waals surface area contributed by atoms with Crippen molar-refractivity contribution >= 4 is 28.9 Å². The van der Waals surface area contributed by atoms with E-state index in [0.717, 1.165) is 11.3 Å². The molecule has 1 amide bonds. The third-order valence-corrected chi connectivity index (χ3v) is 2.20. The highest BCUT2D eigenvalue weighted by Gasteiger charge is 2.29. The fraction of sp³-hybridized carbons (Fsp3) is 0.111. The average molecular weight is 207 g/mol. The van der Waals surface area contributed by atoms with Crippen LogP contribution >= 0.6 is 12.2 Å². The molecule has 1 aliphatic rings. The zero-order chi connectivity index (χ0) is 10.1. The minimum absolute atomic E-state index is 0.126. The van der Waals surface area contributed by atoms with Gasteiger partial charge in [-0.15, -0.1) is 0 Å². The van der Waals surface area contributed by atoms with Gasteiger partial charge in [0.15, 0.2) is 5.11 Å². The molecule has 1 heterocycles. The summed E-state index contributed by atoms with van der Waals surface area (Å²) in [7, 11) is 0. The summed E-state index contributed by atoms with van der Waals surface area (Å²) in [4.78, 5) is 11.5. The maximum absolute atomic E-state index is 11.5. The molecule has 0 fully saturated rings. The minimum atomic E-state index is -0.455. The first kappa shape index (κ1) is 8.96. The molecule has 1 unspecified atom stereocenters. The lowest BCUT2D eigenvalue weighted by Gasteiger charge is -2.10. The summed E-state index contributed by atoms with van der Waals surface area (Å²) < 4.78 is 0. The maximum Gasteiger partial charge on any atom is 0.251 e. The van der Waals surface area contributed by atoms with Crippen molar-refractivity contribution in [2.45, 2.75) is 6.04 Å². The van der Waals surface area contributed by atoms with Crippen molar-refractivity contribution in [3.8, 4) is 0 Å². The van der Waals surface area contributed by atoms with E-state index >= 15 is 0 Å². The van der Waals surface area contributed by atoms with Crippen LogP contribution in [0.5, 0.6) is 0 Å². The third kappa shape index (κ3) is 1.42. The van der Waals surface area contributed by atoms with Crippen molar-refractivity contribution < 1.29 is 4.79 Å². The van der Waals surface area contributed by atoms with Crippen LogP contribution in [0.1, 0.15) is 11.6 Å². The van der Waals surface area contributed by atoms with Crippen molar-refractivity contribution in [2.24, 2.45) is 5.73 Å². The highest BCUT2D eigenvalue weighted by molar-refractivity contribution is 7.80. The highest BCUT2D eigenvalue weighted by atomic mass is 32.1. The summed E-state index contributed by atoms with van der Waals surface area (Å²) in [5.74, 6) is -0.126. The number of nitrogens with one attached hydrogen (secondary N) is 2. The molecule has 2 rings (SSSR count). The number of anilines is 1. The van der Waals surface area contributed by atoms with Crippen molar-refractivity contribution in [2.75, 3.05) is 5.32 Å². The van der Waals surface area contributed by atoms with Crippen LogP contribution in [0.15, 0.2) is 24.3 Å². The fourth-order valence-electron chi connectivity index (χ4n) is 1.49. The second-order valence-electron chi connectivity index (χ2n) is 3.02. The Morgan fingerprint density at radius 2 is 2.21 bits per heavy atom. The highest BCUT2D eigenvalue weighted by Crippen LogP contribution is 2.29. The zero-order valence-corrected chi connectivity index (χ0v) is 8.10. The molecule has 14 heavy (non-hydrogen) atoms. The Kier molecular flexibility index (Phi) is 2.09. The van der Waals surface area contributed by atoms with E-state index in [1.54, 1.807) is 0 Å². The van der Waals surface area contributed by atoms with Gasteiger partial charge >= 0.3 is 0 Å². The molecule has 4 nitrogen and oxygen atoms in total. The Morgan fingerprint density at radius 3 is 2.93 bits per heavy atom. The molecule has 72 valence electrons. The summed E-state index contributed by atoms with van der Waals surface area (Å²) in [6, 6.07) is 6.98. The van der Waals surface area contributed by atoms with E-state index in [0.29, 0.717) is 0 Å². The molecule has 0 spiro atoms. The Balaban J connectivity index is 2.34. The molecule has 0 aromatic heterocycles. The van der Waals surface area contributed by atoms with Crippen molar-refractivity contribution in [3.63, 3.8) is 0 Å². The molecule has 0 radical (unpaired) electrons. The van der Waals surface area contributed by atoms with E-state index in [9.17, 15) is 4.79 Å². The molecule has 1 aliphatic heterocycles. The van der Waals surface area contributed by atoms with Crippen LogP contribution in [0.2, 0.25) is 0 Å². The van der Waals surface area contributed by atoms with Crippen molar-refractivity contribution in [1.29, 1.82) is 0 Å². The summed E-state index contributed by atoms with van der Waals surface area (Å²) in [5, 5.41) is 5.61. The van der Waals surface area contributed by atoms with Crippen LogP contribution in [0, 0.1) is 0 Å². The quantitative estimate of drug-likeness (QED) is 0.587. The standard InChI is InChI=1S/C9H9N3OS/c10-9(14)12-7-5-3-1-2-4-6(5)11-8(7)13/h1-4,7H,(H,11,13)(H3,10,12,14). The average Bonchev–Trinajstić information content (AvgIpc) is 2.43. The summed E-state index contributed by atoms with van der Waals surface area (Å²) in [6.45, 7) is 0. The Hall–Kier alpha value is -1.62. The molecule has 4 N–H and O–H groups in total. The lowest BCUT2D eigenvalue weighted by Crippen LogP contribution is -2.36. The molecule has 5 heteroatoms.